The SMILES string of the molecule is COCCCNC(=O)c1cc(Nc2ccc(NC(C)=O)cc2)ccn1. The Hall–Kier alpha value is -2.93. The van der Waals surface area contributed by atoms with E-state index in [1.165, 1.54) is 6.92 Å². The molecule has 25 heavy (non-hydrogen) atoms. The molecule has 0 aliphatic carbocycles. The number of nitrogens with zero attached hydrogens (tertiary/aromatic N) is 1. The standard InChI is InChI=1S/C18H22N4O3/c1-13(23)21-14-4-6-15(7-5-14)22-16-8-10-19-17(12-16)18(24)20-9-3-11-25-2/h4-8,10,12H,3,9,11H2,1-2H3,(H,19,22)(H,20,24)(H,21,23). The number of benzene rings is 1. The zero-order chi connectivity index (χ0) is 18.1. The van der Waals surface area contributed by atoms with Crippen LogP contribution in [-0.2, 0) is 9.53 Å². The Balaban J connectivity index is 1.96. The lowest BCUT2D eigenvalue weighted by atomic mass is 10.2. The summed E-state index contributed by atoms with van der Waals surface area (Å²) < 4.78 is 4.94. The fourth-order valence-electron chi connectivity index (χ4n) is 2.15. The van der Waals surface area contributed by atoms with Crippen molar-refractivity contribution in [1.82, 2.24) is 10.3 Å². The molecule has 7 heteroatoms. The number of rotatable bonds is 8. The lowest BCUT2D eigenvalue weighted by Crippen LogP contribution is -2.26. The molecule has 2 amide bonds. The first-order valence-corrected chi connectivity index (χ1v) is 7.96. The Bertz CT molecular complexity index is 717. The maximum absolute atomic E-state index is 12.1. The van der Waals surface area contributed by atoms with Crippen LogP contribution in [0.2, 0.25) is 0 Å². The molecule has 2 rings (SSSR count). The molecule has 0 saturated carbocycles. The van der Waals surface area contributed by atoms with Gasteiger partial charge in [0.15, 0.2) is 0 Å². The van der Waals surface area contributed by atoms with Crippen LogP contribution in [0.5, 0.6) is 0 Å². The maximum Gasteiger partial charge on any atom is 0.269 e. The van der Waals surface area contributed by atoms with E-state index in [-0.39, 0.29) is 11.8 Å². The summed E-state index contributed by atoms with van der Waals surface area (Å²) in [7, 11) is 1.63. The zero-order valence-electron chi connectivity index (χ0n) is 14.3. The molecule has 1 aromatic heterocycles. The third-order valence-electron chi connectivity index (χ3n) is 3.30. The highest BCUT2D eigenvalue weighted by Crippen LogP contribution is 2.19. The molecule has 1 heterocycles. The van der Waals surface area contributed by atoms with E-state index >= 15 is 0 Å². The molecule has 2 aromatic rings. The zero-order valence-corrected chi connectivity index (χ0v) is 14.3. The van der Waals surface area contributed by atoms with Crippen LogP contribution in [-0.4, -0.2) is 37.1 Å². The summed E-state index contributed by atoms with van der Waals surface area (Å²) in [6.07, 6.45) is 2.33. The predicted octanol–water partition coefficient (Wildman–Crippen LogP) is 2.55. The van der Waals surface area contributed by atoms with Crippen molar-refractivity contribution in [3.63, 3.8) is 0 Å². The average Bonchev–Trinajstić information content (AvgIpc) is 2.60. The van der Waals surface area contributed by atoms with Crippen LogP contribution in [0.15, 0.2) is 42.6 Å². The highest BCUT2D eigenvalue weighted by Gasteiger charge is 2.07. The largest absolute Gasteiger partial charge is 0.385 e. The number of methoxy groups -OCH3 is 1. The van der Waals surface area contributed by atoms with E-state index in [1.807, 2.05) is 12.1 Å². The normalized spacial score (nSPS) is 10.2. The fraction of sp³-hybridized carbons (Fsp3) is 0.278. The summed E-state index contributed by atoms with van der Waals surface area (Å²) in [5.41, 5.74) is 2.66. The summed E-state index contributed by atoms with van der Waals surface area (Å²) in [6.45, 7) is 2.60. The van der Waals surface area contributed by atoms with E-state index < -0.39 is 0 Å². The highest BCUT2D eigenvalue weighted by molar-refractivity contribution is 5.93. The van der Waals surface area contributed by atoms with Gasteiger partial charge < -0.3 is 20.7 Å². The smallest absolute Gasteiger partial charge is 0.269 e. The molecule has 3 N–H and O–H groups in total. The molecule has 0 atom stereocenters. The lowest BCUT2D eigenvalue weighted by Gasteiger charge is -2.09. The van der Waals surface area contributed by atoms with Crippen LogP contribution < -0.4 is 16.0 Å². The van der Waals surface area contributed by atoms with Gasteiger partial charge in [-0.2, -0.15) is 0 Å². The van der Waals surface area contributed by atoms with Crippen LogP contribution in [0.4, 0.5) is 17.1 Å². The molecule has 0 fully saturated rings. The summed E-state index contributed by atoms with van der Waals surface area (Å²) in [6, 6.07) is 10.8. The molecule has 0 radical (unpaired) electrons. The van der Waals surface area contributed by atoms with Gasteiger partial charge in [-0.1, -0.05) is 0 Å². The van der Waals surface area contributed by atoms with Gasteiger partial charge in [0.25, 0.3) is 5.91 Å². The monoisotopic (exact) mass is 342 g/mol. The molecule has 0 bridgehead atoms. The number of hydrogen-bond acceptors (Lipinski definition) is 5. The van der Waals surface area contributed by atoms with Crippen molar-refractivity contribution >= 4 is 28.9 Å². The Morgan fingerprint density at radius 1 is 1.08 bits per heavy atom. The second-order valence-corrected chi connectivity index (χ2v) is 5.42. The number of carbonyl (C=O) groups excluding carboxylic acids is 2. The van der Waals surface area contributed by atoms with Crippen molar-refractivity contribution in [2.45, 2.75) is 13.3 Å². The lowest BCUT2D eigenvalue weighted by molar-refractivity contribution is -0.114. The minimum absolute atomic E-state index is 0.115. The van der Waals surface area contributed by atoms with Crippen molar-refractivity contribution in [2.24, 2.45) is 0 Å². The van der Waals surface area contributed by atoms with Crippen molar-refractivity contribution in [2.75, 3.05) is 30.9 Å². The van der Waals surface area contributed by atoms with Crippen molar-refractivity contribution < 1.29 is 14.3 Å². The van der Waals surface area contributed by atoms with E-state index in [0.717, 1.165) is 23.5 Å². The molecule has 132 valence electrons. The second kappa shape index (κ2) is 9.39. The van der Waals surface area contributed by atoms with Crippen LogP contribution in [0, 0.1) is 0 Å². The number of pyridine rings is 1. The Labute approximate surface area is 146 Å². The van der Waals surface area contributed by atoms with Gasteiger partial charge in [-0.15, -0.1) is 0 Å². The molecular weight excluding hydrogens is 320 g/mol. The van der Waals surface area contributed by atoms with Gasteiger partial charge >= 0.3 is 0 Å². The molecule has 0 aliphatic rings. The van der Waals surface area contributed by atoms with Crippen molar-refractivity contribution in [3.05, 3.63) is 48.3 Å². The van der Waals surface area contributed by atoms with Gasteiger partial charge in [-0.3, -0.25) is 14.6 Å². The third kappa shape index (κ3) is 6.23. The van der Waals surface area contributed by atoms with Crippen LogP contribution in [0.3, 0.4) is 0 Å². The topological polar surface area (TPSA) is 92.4 Å². The van der Waals surface area contributed by atoms with E-state index in [4.69, 9.17) is 4.74 Å². The predicted molar refractivity (Wildman–Crippen MR) is 97.1 cm³/mol. The molecule has 7 nitrogen and oxygen atoms in total. The first-order valence-electron chi connectivity index (χ1n) is 7.96. The minimum atomic E-state index is -0.222. The first-order chi connectivity index (χ1) is 12.1. The average molecular weight is 342 g/mol. The van der Waals surface area contributed by atoms with Gasteiger partial charge in [0.2, 0.25) is 5.91 Å². The van der Waals surface area contributed by atoms with Crippen LogP contribution in [0.25, 0.3) is 0 Å². The molecule has 0 saturated heterocycles. The minimum Gasteiger partial charge on any atom is -0.385 e. The Morgan fingerprint density at radius 2 is 1.80 bits per heavy atom. The number of ether oxygens (including phenoxy) is 1. The van der Waals surface area contributed by atoms with Gasteiger partial charge in [-0.25, -0.2) is 0 Å². The van der Waals surface area contributed by atoms with E-state index in [9.17, 15) is 9.59 Å². The number of anilines is 3. The summed E-state index contributed by atoms with van der Waals surface area (Å²) >= 11 is 0. The van der Waals surface area contributed by atoms with E-state index in [1.54, 1.807) is 37.6 Å². The maximum atomic E-state index is 12.1. The number of hydrogen-bond donors (Lipinski definition) is 3. The number of nitrogens with one attached hydrogen (secondary N) is 3. The molecular formula is C18H22N4O3. The third-order valence-corrected chi connectivity index (χ3v) is 3.30. The van der Waals surface area contributed by atoms with Gasteiger partial charge in [-0.05, 0) is 42.8 Å². The number of aromatic nitrogens is 1. The highest BCUT2D eigenvalue weighted by atomic mass is 16.5. The second-order valence-electron chi connectivity index (χ2n) is 5.42. The molecule has 1 aromatic carbocycles. The first kappa shape index (κ1) is 18.4. The van der Waals surface area contributed by atoms with E-state index in [0.29, 0.717) is 18.8 Å². The van der Waals surface area contributed by atoms with Gasteiger partial charge in [0, 0.05) is 50.4 Å². The van der Waals surface area contributed by atoms with Crippen LogP contribution >= 0.6 is 0 Å². The summed E-state index contributed by atoms with van der Waals surface area (Å²) in [5, 5.41) is 8.71. The van der Waals surface area contributed by atoms with Crippen LogP contribution in [0.1, 0.15) is 23.8 Å². The summed E-state index contributed by atoms with van der Waals surface area (Å²) in [5.74, 6) is -0.336. The molecule has 0 unspecified atom stereocenters. The van der Waals surface area contributed by atoms with Crippen molar-refractivity contribution in [3.8, 4) is 0 Å². The van der Waals surface area contributed by atoms with Gasteiger partial charge in [0.05, 0.1) is 0 Å². The van der Waals surface area contributed by atoms with E-state index in [2.05, 4.69) is 20.9 Å². The van der Waals surface area contributed by atoms with Crippen molar-refractivity contribution in [1.29, 1.82) is 0 Å². The summed E-state index contributed by atoms with van der Waals surface area (Å²) in [4.78, 5) is 27.2. The quantitative estimate of drug-likeness (QED) is 0.641. The number of carbonyl (C=O) groups is 2. The number of amides is 2. The Morgan fingerprint density at radius 3 is 2.48 bits per heavy atom. The Kier molecular flexibility index (Phi) is 6.91. The van der Waals surface area contributed by atoms with Gasteiger partial charge in [0.1, 0.15) is 5.69 Å². The fourth-order valence-corrected chi connectivity index (χ4v) is 2.15. The molecule has 0 spiro atoms. The molecule has 0 aliphatic heterocycles.